The summed E-state index contributed by atoms with van der Waals surface area (Å²) in [4.78, 5) is 34.7. The molecule has 1 aliphatic rings. The third kappa shape index (κ3) is 4.13. The molecule has 2 heterocycles. The summed E-state index contributed by atoms with van der Waals surface area (Å²) in [7, 11) is 0. The second-order valence-electron chi connectivity index (χ2n) is 7.94. The molecule has 2 amide bonds. The minimum atomic E-state index is -0.202. The Morgan fingerprint density at radius 3 is 2.67 bits per heavy atom. The van der Waals surface area contributed by atoms with E-state index in [1.807, 2.05) is 50.2 Å². The van der Waals surface area contributed by atoms with E-state index in [1.54, 1.807) is 4.90 Å². The fraction of sp³-hybridized carbons (Fsp3) is 0.292. The average Bonchev–Trinajstić information content (AvgIpc) is 2.72. The van der Waals surface area contributed by atoms with E-state index in [1.165, 1.54) is 11.1 Å². The molecule has 2 aromatic carbocycles. The molecular formula is C24H26N4O2. The highest BCUT2D eigenvalue weighted by atomic mass is 16.2. The van der Waals surface area contributed by atoms with Crippen LogP contribution in [0.3, 0.4) is 0 Å². The van der Waals surface area contributed by atoms with Gasteiger partial charge in [0.1, 0.15) is 5.82 Å². The van der Waals surface area contributed by atoms with Crippen LogP contribution < -0.4 is 10.9 Å². The molecule has 0 fully saturated rings. The third-order valence-corrected chi connectivity index (χ3v) is 5.78. The number of aromatic nitrogens is 2. The Hall–Kier alpha value is -3.41. The first-order chi connectivity index (χ1) is 14.4. The first kappa shape index (κ1) is 19.9. The number of carbonyl (C=O) groups is 1. The molecular weight excluding hydrogens is 376 g/mol. The molecule has 6 heteroatoms. The van der Waals surface area contributed by atoms with Gasteiger partial charge < -0.3 is 15.2 Å². The molecule has 0 saturated heterocycles. The Kier molecular flexibility index (Phi) is 5.40. The largest absolute Gasteiger partial charge is 0.322 e. The number of aryl methyl sites for hydroxylation is 3. The Morgan fingerprint density at radius 2 is 1.90 bits per heavy atom. The van der Waals surface area contributed by atoms with Crippen molar-refractivity contribution in [1.29, 1.82) is 0 Å². The fourth-order valence-corrected chi connectivity index (χ4v) is 3.74. The van der Waals surface area contributed by atoms with Crippen molar-refractivity contribution < 1.29 is 4.79 Å². The summed E-state index contributed by atoms with van der Waals surface area (Å²) < 4.78 is 0. The molecule has 30 heavy (non-hydrogen) atoms. The molecule has 0 bridgehead atoms. The van der Waals surface area contributed by atoms with E-state index in [0.717, 1.165) is 22.5 Å². The monoisotopic (exact) mass is 402 g/mol. The predicted molar refractivity (Wildman–Crippen MR) is 118 cm³/mol. The zero-order valence-corrected chi connectivity index (χ0v) is 17.6. The second kappa shape index (κ2) is 8.14. The number of aromatic amines is 1. The quantitative estimate of drug-likeness (QED) is 0.698. The van der Waals surface area contributed by atoms with E-state index < -0.39 is 0 Å². The Labute approximate surface area is 176 Å². The first-order valence-corrected chi connectivity index (χ1v) is 10.2. The molecule has 0 spiro atoms. The van der Waals surface area contributed by atoms with Gasteiger partial charge in [-0.2, -0.15) is 0 Å². The molecule has 0 atom stereocenters. The summed E-state index contributed by atoms with van der Waals surface area (Å²) in [6.45, 7) is 6.90. The summed E-state index contributed by atoms with van der Waals surface area (Å²) in [5, 5.41) is 2.93. The van der Waals surface area contributed by atoms with Crippen molar-refractivity contribution in [1.82, 2.24) is 14.9 Å². The number of carbonyl (C=O) groups excluding carboxylic acids is 1. The van der Waals surface area contributed by atoms with Gasteiger partial charge in [0, 0.05) is 25.1 Å². The first-order valence-electron chi connectivity index (χ1n) is 10.2. The normalized spacial score (nSPS) is 13.1. The van der Waals surface area contributed by atoms with Gasteiger partial charge in [0.05, 0.1) is 17.8 Å². The number of fused-ring (bicyclic) bond motifs is 1. The fourth-order valence-electron chi connectivity index (χ4n) is 3.74. The van der Waals surface area contributed by atoms with E-state index in [2.05, 4.69) is 23.3 Å². The van der Waals surface area contributed by atoms with Crippen molar-refractivity contribution >= 4 is 11.7 Å². The van der Waals surface area contributed by atoms with Crippen molar-refractivity contribution in [2.24, 2.45) is 0 Å². The minimum Gasteiger partial charge on any atom is -0.320 e. The van der Waals surface area contributed by atoms with Crippen LogP contribution in [0.4, 0.5) is 10.5 Å². The predicted octanol–water partition coefficient (Wildman–Crippen LogP) is 3.88. The molecule has 6 nitrogen and oxygen atoms in total. The van der Waals surface area contributed by atoms with Gasteiger partial charge in [-0.1, -0.05) is 30.3 Å². The summed E-state index contributed by atoms with van der Waals surface area (Å²) in [6.07, 6.45) is 1.16. The van der Waals surface area contributed by atoms with Gasteiger partial charge in [0.15, 0.2) is 0 Å². The second-order valence-corrected chi connectivity index (χ2v) is 7.94. The zero-order valence-electron chi connectivity index (χ0n) is 17.6. The van der Waals surface area contributed by atoms with E-state index in [9.17, 15) is 9.59 Å². The number of nitrogens with one attached hydrogen (secondary N) is 2. The summed E-state index contributed by atoms with van der Waals surface area (Å²) in [5.41, 5.74) is 6.58. The Bertz CT molecular complexity index is 1170. The van der Waals surface area contributed by atoms with Crippen LogP contribution >= 0.6 is 0 Å². The van der Waals surface area contributed by atoms with E-state index >= 15 is 0 Å². The summed E-state index contributed by atoms with van der Waals surface area (Å²) >= 11 is 0. The van der Waals surface area contributed by atoms with Gasteiger partial charge in [-0.25, -0.2) is 9.78 Å². The molecule has 1 aromatic heterocycles. The number of hydrogen-bond donors (Lipinski definition) is 2. The Morgan fingerprint density at radius 1 is 1.10 bits per heavy atom. The molecule has 0 saturated carbocycles. The van der Waals surface area contributed by atoms with Gasteiger partial charge >= 0.3 is 6.03 Å². The Balaban J connectivity index is 1.50. The summed E-state index contributed by atoms with van der Waals surface area (Å²) in [6, 6.07) is 13.7. The van der Waals surface area contributed by atoms with E-state index in [0.29, 0.717) is 30.8 Å². The molecule has 3 aromatic rings. The topological polar surface area (TPSA) is 78.1 Å². The van der Waals surface area contributed by atoms with Crippen LogP contribution in [0.1, 0.15) is 39.3 Å². The number of urea groups is 1. The van der Waals surface area contributed by atoms with Crippen molar-refractivity contribution in [2.45, 2.75) is 40.2 Å². The van der Waals surface area contributed by atoms with Crippen LogP contribution in [0.15, 0.2) is 47.3 Å². The molecule has 154 valence electrons. The van der Waals surface area contributed by atoms with Crippen LogP contribution in [-0.2, 0) is 19.4 Å². The maximum Gasteiger partial charge on any atom is 0.322 e. The maximum absolute atomic E-state index is 12.7. The van der Waals surface area contributed by atoms with Crippen molar-refractivity contribution in [2.75, 3.05) is 11.9 Å². The van der Waals surface area contributed by atoms with E-state index in [-0.39, 0.29) is 18.1 Å². The van der Waals surface area contributed by atoms with Gasteiger partial charge in [-0.15, -0.1) is 0 Å². The number of H-pyrrole nitrogens is 1. The standard InChI is InChI=1S/C24H26N4O2/c1-15-8-9-19(12-17(15)3)25-24(30)28-11-10-21-20(14-28)23(29)27-22(26-21)13-18-7-5-4-6-16(18)2/h4-9,12H,10-11,13-14H2,1-3H3,(H,25,30)(H,26,27,29). The lowest BCUT2D eigenvalue weighted by Crippen LogP contribution is -2.42. The highest BCUT2D eigenvalue weighted by molar-refractivity contribution is 5.89. The number of rotatable bonds is 3. The van der Waals surface area contributed by atoms with Crippen molar-refractivity contribution in [3.8, 4) is 0 Å². The lowest BCUT2D eigenvalue weighted by Gasteiger charge is -2.28. The molecule has 0 unspecified atom stereocenters. The molecule has 4 rings (SSSR count). The van der Waals surface area contributed by atoms with Crippen LogP contribution in [-0.4, -0.2) is 27.4 Å². The molecule has 0 aliphatic carbocycles. The van der Waals surface area contributed by atoms with Crippen LogP contribution in [0.25, 0.3) is 0 Å². The number of amides is 2. The van der Waals surface area contributed by atoms with Gasteiger partial charge in [-0.3, -0.25) is 4.79 Å². The number of anilines is 1. The van der Waals surface area contributed by atoms with E-state index in [4.69, 9.17) is 4.98 Å². The lowest BCUT2D eigenvalue weighted by atomic mass is 10.0. The zero-order chi connectivity index (χ0) is 21.3. The minimum absolute atomic E-state index is 0.160. The third-order valence-electron chi connectivity index (χ3n) is 5.78. The van der Waals surface area contributed by atoms with Gasteiger partial charge in [0.25, 0.3) is 5.56 Å². The van der Waals surface area contributed by atoms with Crippen LogP contribution in [0.2, 0.25) is 0 Å². The summed E-state index contributed by atoms with van der Waals surface area (Å²) in [5.74, 6) is 0.668. The van der Waals surface area contributed by atoms with Gasteiger partial charge in [0.2, 0.25) is 0 Å². The molecule has 0 radical (unpaired) electrons. The highest BCUT2D eigenvalue weighted by Gasteiger charge is 2.24. The van der Waals surface area contributed by atoms with Crippen LogP contribution in [0, 0.1) is 20.8 Å². The number of hydrogen-bond acceptors (Lipinski definition) is 3. The molecule has 2 N–H and O–H groups in total. The highest BCUT2D eigenvalue weighted by Crippen LogP contribution is 2.19. The average molecular weight is 402 g/mol. The number of nitrogens with zero attached hydrogens (tertiary/aromatic N) is 2. The van der Waals surface area contributed by atoms with Crippen molar-refractivity contribution in [3.05, 3.63) is 92.2 Å². The van der Waals surface area contributed by atoms with Crippen molar-refractivity contribution in [3.63, 3.8) is 0 Å². The molecule has 1 aliphatic heterocycles. The van der Waals surface area contributed by atoms with Crippen LogP contribution in [0.5, 0.6) is 0 Å². The van der Waals surface area contributed by atoms with Gasteiger partial charge in [-0.05, 0) is 55.2 Å². The maximum atomic E-state index is 12.7. The number of benzene rings is 2. The smallest absolute Gasteiger partial charge is 0.320 e. The SMILES string of the molecule is Cc1ccc(NC(=O)N2CCc3nc(Cc4ccccc4C)[nH]c(=O)c3C2)cc1C. The lowest BCUT2D eigenvalue weighted by molar-refractivity contribution is 0.205.